The molecule has 0 aliphatic rings. The van der Waals surface area contributed by atoms with Gasteiger partial charge in [0, 0.05) is 12.8 Å². The van der Waals surface area contributed by atoms with E-state index in [1.165, 1.54) is 0 Å². The SMILES string of the molecule is C=CCCCCC(=O)O[C@H](CNC(=O)[C@H](CC=C)CC(=O)N[C@@H](CO)Cc1ccccc1)c1ccccc1. The molecule has 3 N–H and O–H groups in total. The predicted molar refractivity (Wildman–Crippen MR) is 149 cm³/mol. The van der Waals surface area contributed by atoms with E-state index < -0.39 is 18.1 Å². The van der Waals surface area contributed by atoms with E-state index in [4.69, 9.17) is 4.74 Å². The lowest BCUT2D eigenvalue weighted by Gasteiger charge is -2.22. The third-order valence-electron chi connectivity index (χ3n) is 6.11. The summed E-state index contributed by atoms with van der Waals surface area (Å²) in [6.07, 6.45) is 6.21. The van der Waals surface area contributed by atoms with Gasteiger partial charge in [0.1, 0.15) is 6.10 Å². The molecular weight excluding hydrogens is 480 g/mol. The smallest absolute Gasteiger partial charge is 0.306 e. The topological polar surface area (TPSA) is 105 Å². The lowest BCUT2D eigenvalue weighted by molar-refractivity contribution is -0.150. The number of unbranched alkanes of at least 4 members (excludes halogenated alkanes) is 2. The summed E-state index contributed by atoms with van der Waals surface area (Å²) in [5, 5.41) is 15.4. The Morgan fingerprint density at radius 1 is 0.947 bits per heavy atom. The molecule has 0 unspecified atom stereocenters. The number of aliphatic hydroxyl groups is 1. The molecule has 0 aliphatic carbocycles. The Bertz CT molecular complexity index is 1010. The summed E-state index contributed by atoms with van der Waals surface area (Å²) in [7, 11) is 0. The second kappa shape index (κ2) is 17.7. The van der Waals surface area contributed by atoms with Crippen LogP contribution in [0.3, 0.4) is 0 Å². The van der Waals surface area contributed by atoms with E-state index >= 15 is 0 Å². The predicted octanol–water partition coefficient (Wildman–Crippen LogP) is 4.44. The summed E-state index contributed by atoms with van der Waals surface area (Å²) in [6.45, 7) is 7.28. The average molecular weight is 521 g/mol. The summed E-state index contributed by atoms with van der Waals surface area (Å²) in [4.78, 5) is 38.2. The molecule has 2 aromatic rings. The highest BCUT2D eigenvalue weighted by atomic mass is 16.5. The van der Waals surface area contributed by atoms with Crippen molar-refractivity contribution in [3.05, 3.63) is 97.1 Å². The first-order chi connectivity index (χ1) is 18.5. The fraction of sp³-hybridized carbons (Fsp3) is 0.387. The van der Waals surface area contributed by atoms with E-state index in [2.05, 4.69) is 23.8 Å². The van der Waals surface area contributed by atoms with Crippen molar-refractivity contribution < 1.29 is 24.2 Å². The Morgan fingerprint density at radius 2 is 1.63 bits per heavy atom. The molecule has 2 rings (SSSR count). The van der Waals surface area contributed by atoms with Gasteiger partial charge < -0.3 is 20.5 Å². The molecule has 204 valence electrons. The molecular formula is C31H40N2O5. The van der Waals surface area contributed by atoms with Gasteiger partial charge in [-0.1, -0.05) is 72.8 Å². The van der Waals surface area contributed by atoms with Crippen molar-refractivity contribution in [3.63, 3.8) is 0 Å². The molecule has 3 atom stereocenters. The molecule has 2 aromatic carbocycles. The lowest BCUT2D eigenvalue weighted by atomic mass is 9.98. The molecule has 7 nitrogen and oxygen atoms in total. The first-order valence-corrected chi connectivity index (χ1v) is 13.1. The van der Waals surface area contributed by atoms with Crippen LogP contribution >= 0.6 is 0 Å². The Kier molecular flexibility index (Phi) is 14.2. The number of rotatable bonds is 18. The van der Waals surface area contributed by atoms with Gasteiger partial charge in [0.2, 0.25) is 11.8 Å². The quantitative estimate of drug-likeness (QED) is 0.153. The van der Waals surface area contributed by atoms with Crippen LogP contribution in [0.4, 0.5) is 0 Å². The highest BCUT2D eigenvalue weighted by molar-refractivity contribution is 5.86. The van der Waals surface area contributed by atoms with Gasteiger partial charge in [-0.05, 0) is 43.2 Å². The van der Waals surface area contributed by atoms with Crippen LogP contribution in [0.5, 0.6) is 0 Å². The van der Waals surface area contributed by atoms with Crippen molar-refractivity contribution in [1.29, 1.82) is 0 Å². The van der Waals surface area contributed by atoms with Gasteiger partial charge in [0.15, 0.2) is 0 Å². The second-order valence-electron chi connectivity index (χ2n) is 9.23. The molecule has 0 aromatic heterocycles. The molecule has 0 saturated carbocycles. The molecule has 2 amide bonds. The number of benzene rings is 2. The maximum atomic E-state index is 13.0. The minimum atomic E-state index is -0.644. The number of carbonyl (C=O) groups is 3. The maximum absolute atomic E-state index is 13.0. The molecule has 0 spiro atoms. The fourth-order valence-electron chi connectivity index (χ4n) is 4.06. The van der Waals surface area contributed by atoms with E-state index in [0.717, 1.165) is 24.0 Å². The van der Waals surface area contributed by atoms with E-state index in [0.29, 0.717) is 25.7 Å². The second-order valence-corrected chi connectivity index (χ2v) is 9.23. The Morgan fingerprint density at radius 3 is 2.26 bits per heavy atom. The normalized spacial score (nSPS) is 13.0. The highest BCUT2D eigenvalue weighted by Gasteiger charge is 2.24. The van der Waals surface area contributed by atoms with Gasteiger partial charge in [0.25, 0.3) is 0 Å². The number of allylic oxidation sites excluding steroid dienone is 2. The van der Waals surface area contributed by atoms with Crippen LogP contribution in [-0.2, 0) is 25.5 Å². The summed E-state index contributed by atoms with van der Waals surface area (Å²) in [5.74, 6) is -1.62. The van der Waals surface area contributed by atoms with E-state index in [1.54, 1.807) is 6.08 Å². The molecule has 0 fully saturated rings. The number of hydrogen-bond acceptors (Lipinski definition) is 5. The third-order valence-corrected chi connectivity index (χ3v) is 6.11. The van der Waals surface area contributed by atoms with Crippen LogP contribution in [0, 0.1) is 5.92 Å². The molecule has 7 heteroatoms. The fourth-order valence-corrected chi connectivity index (χ4v) is 4.06. The first-order valence-electron chi connectivity index (χ1n) is 13.1. The average Bonchev–Trinajstić information content (AvgIpc) is 2.93. The first kappa shape index (κ1) is 30.5. The third kappa shape index (κ3) is 11.6. The molecule has 0 aliphatic heterocycles. The van der Waals surface area contributed by atoms with Gasteiger partial charge in [-0.15, -0.1) is 13.2 Å². The van der Waals surface area contributed by atoms with E-state index in [-0.39, 0.29) is 37.4 Å². The number of ether oxygens (including phenoxy) is 1. The summed E-state index contributed by atoms with van der Waals surface area (Å²) >= 11 is 0. The van der Waals surface area contributed by atoms with Crippen LogP contribution in [0.2, 0.25) is 0 Å². The van der Waals surface area contributed by atoms with Crippen LogP contribution < -0.4 is 10.6 Å². The number of esters is 1. The molecule has 0 radical (unpaired) electrons. The number of amides is 2. The van der Waals surface area contributed by atoms with Crippen LogP contribution in [0.15, 0.2) is 86.0 Å². The minimum Gasteiger partial charge on any atom is -0.456 e. The summed E-state index contributed by atoms with van der Waals surface area (Å²) < 4.78 is 5.71. The monoisotopic (exact) mass is 520 g/mol. The van der Waals surface area contributed by atoms with Crippen LogP contribution in [0.25, 0.3) is 0 Å². The van der Waals surface area contributed by atoms with Gasteiger partial charge in [0.05, 0.1) is 25.1 Å². The molecule has 38 heavy (non-hydrogen) atoms. The Balaban J connectivity index is 1.95. The minimum absolute atomic E-state index is 0.0533. The van der Waals surface area contributed by atoms with Crippen molar-refractivity contribution in [2.45, 2.75) is 57.1 Å². The van der Waals surface area contributed by atoms with Crippen LogP contribution in [0.1, 0.15) is 55.8 Å². The standard InChI is InChI=1S/C31H40N2O5/c1-3-5-6-13-19-30(36)38-28(25-17-11-8-12-18-25)22-32-31(37)26(14-4-2)21-29(35)33-27(23-34)20-24-15-9-7-10-16-24/h3-4,7-12,15-18,26-28,34H,1-2,5-6,13-14,19-23H2,(H,32,37)(H,33,35)/t26-,27-,28-/m1/s1. The molecule has 0 bridgehead atoms. The number of carbonyl (C=O) groups excluding carboxylic acids is 3. The zero-order chi connectivity index (χ0) is 27.6. The van der Waals surface area contributed by atoms with Gasteiger partial charge in [-0.2, -0.15) is 0 Å². The molecule has 0 saturated heterocycles. The van der Waals surface area contributed by atoms with Crippen LogP contribution in [-0.4, -0.2) is 42.1 Å². The zero-order valence-corrected chi connectivity index (χ0v) is 22.0. The van der Waals surface area contributed by atoms with Crippen molar-refractivity contribution in [1.82, 2.24) is 10.6 Å². The van der Waals surface area contributed by atoms with E-state index in [9.17, 15) is 19.5 Å². The van der Waals surface area contributed by atoms with Crippen molar-refractivity contribution in [2.24, 2.45) is 5.92 Å². The zero-order valence-electron chi connectivity index (χ0n) is 22.0. The van der Waals surface area contributed by atoms with Crippen molar-refractivity contribution >= 4 is 17.8 Å². The van der Waals surface area contributed by atoms with Crippen molar-refractivity contribution in [2.75, 3.05) is 13.2 Å². The number of hydrogen-bond donors (Lipinski definition) is 3. The summed E-state index contributed by atoms with van der Waals surface area (Å²) in [5.41, 5.74) is 1.77. The van der Waals surface area contributed by atoms with Gasteiger partial charge in [-0.3, -0.25) is 14.4 Å². The largest absolute Gasteiger partial charge is 0.456 e. The number of nitrogens with one attached hydrogen (secondary N) is 2. The molecule has 0 heterocycles. The maximum Gasteiger partial charge on any atom is 0.306 e. The Labute approximate surface area is 226 Å². The Hall–Kier alpha value is -3.71. The lowest BCUT2D eigenvalue weighted by Crippen LogP contribution is -2.42. The van der Waals surface area contributed by atoms with Gasteiger partial charge in [-0.25, -0.2) is 0 Å². The van der Waals surface area contributed by atoms with Gasteiger partial charge >= 0.3 is 5.97 Å². The highest BCUT2D eigenvalue weighted by Crippen LogP contribution is 2.19. The van der Waals surface area contributed by atoms with Crippen molar-refractivity contribution in [3.8, 4) is 0 Å². The number of aliphatic hydroxyl groups excluding tert-OH is 1. The summed E-state index contributed by atoms with van der Waals surface area (Å²) in [6, 6.07) is 18.4. The van der Waals surface area contributed by atoms with E-state index in [1.807, 2.05) is 66.7 Å².